The second-order valence-electron chi connectivity index (χ2n) is 9.22. The van der Waals surface area contributed by atoms with E-state index in [4.69, 9.17) is 21.2 Å². The number of nitrogens with one attached hydrogen (secondary N) is 1. The van der Waals surface area contributed by atoms with Crippen LogP contribution < -0.4 is 10.2 Å². The summed E-state index contributed by atoms with van der Waals surface area (Å²) in [5.41, 5.74) is 0.922. The molecule has 1 fully saturated rings. The third-order valence-corrected chi connectivity index (χ3v) is 5.80. The van der Waals surface area contributed by atoms with Crippen LogP contribution in [0.1, 0.15) is 31.1 Å². The molecule has 11 nitrogen and oxygen atoms in total. The van der Waals surface area contributed by atoms with Gasteiger partial charge in [0.05, 0.1) is 22.7 Å². The molecule has 0 radical (unpaired) electrons. The lowest BCUT2D eigenvalue weighted by Gasteiger charge is -2.37. The standard InChI is InChI=1S/C24H30ClN5O6/c1-24(2,3)36-23(32)29-12-10-28(11-13-29)20-9-7-17(15-18(20)25)26-19-14-16(22(31)27(4)35-5)6-8-21(19)30(33)34/h6-9,14-15,26H,10-13H2,1-5H3. The molecule has 1 aliphatic heterocycles. The zero-order chi connectivity index (χ0) is 26.6. The van der Waals surface area contributed by atoms with E-state index in [1.165, 1.54) is 32.4 Å². The van der Waals surface area contributed by atoms with Gasteiger partial charge >= 0.3 is 6.09 Å². The zero-order valence-corrected chi connectivity index (χ0v) is 21.7. The summed E-state index contributed by atoms with van der Waals surface area (Å²) >= 11 is 6.56. The summed E-state index contributed by atoms with van der Waals surface area (Å²) < 4.78 is 5.44. The number of amides is 2. The molecule has 2 aromatic carbocycles. The van der Waals surface area contributed by atoms with Gasteiger partial charge < -0.3 is 19.9 Å². The summed E-state index contributed by atoms with van der Waals surface area (Å²) in [4.78, 5) is 44.4. The number of hydroxylamine groups is 2. The molecule has 36 heavy (non-hydrogen) atoms. The van der Waals surface area contributed by atoms with E-state index in [2.05, 4.69) is 10.2 Å². The number of carbonyl (C=O) groups is 2. The Morgan fingerprint density at radius 1 is 1.11 bits per heavy atom. The van der Waals surface area contributed by atoms with E-state index < -0.39 is 16.4 Å². The van der Waals surface area contributed by atoms with Gasteiger partial charge in [0.25, 0.3) is 11.6 Å². The number of nitrogens with zero attached hydrogens (tertiary/aromatic N) is 4. The fourth-order valence-electron chi connectivity index (χ4n) is 3.65. The summed E-state index contributed by atoms with van der Waals surface area (Å²) in [6, 6.07) is 9.26. The van der Waals surface area contributed by atoms with Crippen LogP contribution in [0.25, 0.3) is 0 Å². The first-order valence-corrected chi connectivity index (χ1v) is 11.7. The van der Waals surface area contributed by atoms with Gasteiger partial charge in [-0.05, 0) is 51.1 Å². The Morgan fingerprint density at radius 3 is 2.33 bits per heavy atom. The van der Waals surface area contributed by atoms with Crippen LogP contribution in [0, 0.1) is 10.1 Å². The number of carbonyl (C=O) groups excluding carboxylic acids is 2. The number of anilines is 3. The third-order valence-electron chi connectivity index (χ3n) is 5.50. The van der Waals surface area contributed by atoms with Gasteiger partial charge in [0, 0.05) is 50.5 Å². The highest BCUT2D eigenvalue weighted by molar-refractivity contribution is 6.33. The van der Waals surface area contributed by atoms with Gasteiger partial charge in [-0.2, -0.15) is 0 Å². The minimum atomic E-state index is -0.554. The highest BCUT2D eigenvalue weighted by atomic mass is 35.5. The number of hydrogen-bond acceptors (Lipinski definition) is 8. The molecule has 1 saturated heterocycles. The number of rotatable bonds is 6. The molecule has 12 heteroatoms. The number of nitro groups is 1. The predicted molar refractivity (Wildman–Crippen MR) is 137 cm³/mol. The maximum atomic E-state index is 12.4. The van der Waals surface area contributed by atoms with Crippen LogP contribution in [-0.2, 0) is 9.57 Å². The summed E-state index contributed by atoms with van der Waals surface area (Å²) in [6.07, 6.45) is -0.341. The summed E-state index contributed by atoms with van der Waals surface area (Å²) in [6.45, 7) is 7.64. The van der Waals surface area contributed by atoms with Gasteiger partial charge in [0.1, 0.15) is 11.3 Å². The number of ether oxygens (including phenoxy) is 1. The lowest BCUT2D eigenvalue weighted by atomic mass is 10.1. The van der Waals surface area contributed by atoms with Crippen molar-refractivity contribution in [1.29, 1.82) is 0 Å². The van der Waals surface area contributed by atoms with E-state index >= 15 is 0 Å². The molecule has 0 aromatic heterocycles. The molecule has 0 bridgehead atoms. The predicted octanol–water partition coefficient (Wildman–Crippen LogP) is 4.68. The van der Waals surface area contributed by atoms with E-state index in [1.807, 2.05) is 26.8 Å². The van der Waals surface area contributed by atoms with E-state index in [0.29, 0.717) is 36.9 Å². The van der Waals surface area contributed by atoms with Gasteiger partial charge in [0.15, 0.2) is 0 Å². The molecule has 0 spiro atoms. The van der Waals surface area contributed by atoms with Crippen molar-refractivity contribution < 1.29 is 24.1 Å². The average Bonchev–Trinajstić information content (AvgIpc) is 2.82. The molecule has 0 saturated carbocycles. The first kappa shape index (κ1) is 27.0. The van der Waals surface area contributed by atoms with E-state index in [-0.39, 0.29) is 23.0 Å². The Balaban J connectivity index is 1.74. The molecular formula is C24H30ClN5O6. The van der Waals surface area contributed by atoms with Crippen LogP contribution in [0.15, 0.2) is 36.4 Å². The SMILES string of the molecule is CON(C)C(=O)c1ccc([N+](=O)[O-])c(Nc2ccc(N3CCN(C(=O)OC(C)(C)C)CC3)c(Cl)c2)c1. The Hall–Kier alpha value is -3.57. The van der Waals surface area contributed by atoms with Gasteiger partial charge in [-0.3, -0.25) is 19.7 Å². The monoisotopic (exact) mass is 519 g/mol. The van der Waals surface area contributed by atoms with Crippen molar-refractivity contribution in [3.63, 3.8) is 0 Å². The van der Waals surface area contributed by atoms with Crippen LogP contribution in [0.4, 0.5) is 27.5 Å². The molecule has 2 amide bonds. The highest BCUT2D eigenvalue weighted by Gasteiger charge is 2.27. The Labute approximate surface area is 214 Å². The van der Waals surface area contributed by atoms with Gasteiger partial charge in [-0.1, -0.05) is 11.6 Å². The van der Waals surface area contributed by atoms with Crippen LogP contribution in [-0.4, -0.2) is 72.8 Å². The number of piperazine rings is 1. The molecule has 1 N–H and O–H groups in total. The van der Waals surface area contributed by atoms with Gasteiger partial charge in [-0.15, -0.1) is 0 Å². The quantitative estimate of drug-likeness (QED) is 0.431. The van der Waals surface area contributed by atoms with E-state index in [9.17, 15) is 19.7 Å². The van der Waals surface area contributed by atoms with Crippen molar-refractivity contribution >= 4 is 46.4 Å². The maximum absolute atomic E-state index is 12.4. The van der Waals surface area contributed by atoms with Crippen LogP contribution in [0.3, 0.4) is 0 Å². The van der Waals surface area contributed by atoms with Crippen molar-refractivity contribution in [2.45, 2.75) is 26.4 Å². The van der Waals surface area contributed by atoms with Crippen LogP contribution in [0.5, 0.6) is 0 Å². The van der Waals surface area contributed by atoms with Crippen LogP contribution in [0.2, 0.25) is 5.02 Å². The largest absolute Gasteiger partial charge is 0.444 e. The minimum absolute atomic E-state index is 0.144. The lowest BCUT2D eigenvalue weighted by molar-refractivity contribution is -0.383. The molecule has 1 heterocycles. The smallest absolute Gasteiger partial charge is 0.410 e. The van der Waals surface area contributed by atoms with Crippen molar-refractivity contribution in [2.75, 3.05) is 50.6 Å². The molecular weight excluding hydrogens is 490 g/mol. The fourth-order valence-corrected chi connectivity index (χ4v) is 3.95. The maximum Gasteiger partial charge on any atom is 0.410 e. The Bertz CT molecular complexity index is 1140. The second-order valence-corrected chi connectivity index (χ2v) is 9.63. The molecule has 0 unspecified atom stereocenters. The van der Waals surface area contributed by atoms with Crippen molar-refractivity contribution in [1.82, 2.24) is 9.96 Å². The van der Waals surface area contributed by atoms with Gasteiger partial charge in [0.2, 0.25) is 0 Å². The van der Waals surface area contributed by atoms with Crippen molar-refractivity contribution in [2.24, 2.45) is 0 Å². The number of halogens is 1. The number of nitro benzene ring substituents is 1. The average molecular weight is 520 g/mol. The number of hydrogen-bond donors (Lipinski definition) is 1. The Kier molecular flexibility index (Phi) is 8.26. The number of benzene rings is 2. The normalized spacial score (nSPS) is 13.8. The molecule has 0 aliphatic carbocycles. The van der Waals surface area contributed by atoms with E-state index in [0.717, 1.165) is 10.8 Å². The molecule has 0 atom stereocenters. The molecule has 194 valence electrons. The second kappa shape index (κ2) is 11.0. The topological polar surface area (TPSA) is 117 Å². The van der Waals surface area contributed by atoms with E-state index in [1.54, 1.807) is 17.0 Å². The summed E-state index contributed by atoms with van der Waals surface area (Å²) in [7, 11) is 2.80. The van der Waals surface area contributed by atoms with Crippen molar-refractivity contribution in [3.8, 4) is 0 Å². The minimum Gasteiger partial charge on any atom is -0.444 e. The highest BCUT2D eigenvalue weighted by Crippen LogP contribution is 2.34. The summed E-state index contributed by atoms with van der Waals surface area (Å²) in [5.74, 6) is -0.450. The van der Waals surface area contributed by atoms with Crippen molar-refractivity contribution in [3.05, 3.63) is 57.1 Å². The van der Waals surface area contributed by atoms with Gasteiger partial charge in [-0.25, -0.2) is 9.86 Å². The first-order valence-electron chi connectivity index (χ1n) is 11.3. The molecule has 1 aliphatic rings. The molecule has 3 rings (SSSR count). The third kappa shape index (κ3) is 6.55. The Morgan fingerprint density at radius 2 is 1.78 bits per heavy atom. The molecule has 2 aromatic rings. The lowest BCUT2D eigenvalue weighted by Crippen LogP contribution is -2.50. The van der Waals surface area contributed by atoms with Crippen LogP contribution >= 0.6 is 11.6 Å². The zero-order valence-electron chi connectivity index (χ0n) is 20.9. The summed E-state index contributed by atoms with van der Waals surface area (Å²) in [5, 5.41) is 16.0. The fraction of sp³-hybridized carbons (Fsp3) is 0.417. The first-order chi connectivity index (χ1) is 16.9.